The average molecular weight is 306 g/mol. The van der Waals surface area contributed by atoms with Crippen LogP contribution in [0.25, 0.3) is 0 Å². The molecule has 0 fully saturated rings. The molecule has 0 aliphatic carbocycles. The van der Waals surface area contributed by atoms with Crippen LogP contribution in [0.3, 0.4) is 0 Å². The van der Waals surface area contributed by atoms with E-state index in [1.807, 2.05) is 19.9 Å². The molecular weight excluding hydrogens is 280 g/mol. The second kappa shape index (κ2) is 7.97. The summed E-state index contributed by atoms with van der Waals surface area (Å²) < 4.78 is 10.3. The van der Waals surface area contributed by atoms with E-state index in [0.717, 1.165) is 18.4 Å². The topological polar surface area (TPSA) is 52.6 Å². The van der Waals surface area contributed by atoms with Crippen LogP contribution in [0.1, 0.15) is 73.7 Å². The van der Waals surface area contributed by atoms with Crippen LogP contribution < -0.4 is 0 Å². The second-order valence-electron chi connectivity index (χ2n) is 6.28. The van der Waals surface area contributed by atoms with Crippen LogP contribution in [-0.2, 0) is 14.9 Å². The van der Waals surface area contributed by atoms with Gasteiger partial charge in [0, 0.05) is 0 Å². The molecule has 0 N–H and O–H groups in total. The summed E-state index contributed by atoms with van der Waals surface area (Å²) in [4.78, 5) is 24.4. The third-order valence-electron chi connectivity index (χ3n) is 3.20. The Hall–Kier alpha value is -1.84. The van der Waals surface area contributed by atoms with E-state index in [1.54, 1.807) is 12.1 Å². The monoisotopic (exact) mass is 306 g/mol. The molecule has 0 heterocycles. The predicted molar refractivity (Wildman–Crippen MR) is 86.3 cm³/mol. The molecule has 0 radical (unpaired) electrons. The van der Waals surface area contributed by atoms with Gasteiger partial charge in [-0.1, -0.05) is 40.7 Å². The maximum Gasteiger partial charge on any atom is 0.339 e. The number of esters is 2. The standard InChI is InChI=1S/C18H26O4/c1-6-10-21-16(19)14-9-8-13(18(3,4)5)12-15(14)17(20)22-11-7-2/h8-9,12H,6-7,10-11H2,1-5H3. The van der Waals surface area contributed by atoms with Crippen molar-refractivity contribution >= 4 is 11.9 Å². The molecule has 0 atom stereocenters. The van der Waals surface area contributed by atoms with Gasteiger partial charge in [-0.2, -0.15) is 0 Å². The maximum atomic E-state index is 12.3. The third-order valence-corrected chi connectivity index (χ3v) is 3.20. The molecule has 0 spiro atoms. The fraction of sp³-hybridized carbons (Fsp3) is 0.556. The van der Waals surface area contributed by atoms with Crippen LogP contribution >= 0.6 is 0 Å². The normalized spacial score (nSPS) is 11.1. The number of ether oxygens (including phenoxy) is 2. The molecule has 4 nitrogen and oxygen atoms in total. The Morgan fingerprint density at radius 3 is 1.86 bits per heavy atom. The fourth-order valence-corrected chi connectivity index (χ4v) is 1.90. The first-order valence-corrected chi connectivity index (χ1v) is 7.80. The Bertz CT molecular complexity index is 526. The SMILES string of the molecule is CCCOC(=O)c1ccc(C(C)(C)C)cc1C(=O)OCCC. The molecule has 0 saturated carbocycles. The highest BCUT2D eigenvalue weighted by Gasteiger charge is 2.23. The lowest BCUT2D eigenvalue weighted by Gasteiger charge is -2.20. The van der Waals surface area contributed by atoms with E-state index in [-0.39, 0.29) is 16.5 Å². The van der Waals surface area contributed by atoms with E-state index in [2.05, 4.69) is 20.8 Å². The van der Waals surface area contributed by atoms with E-state index in [9.17, 15) is 9.59 Å². The first-order valence-electron chi connectivity index (χ1n) is 7.80. The Balaban J connectivity index is 3.19. The van der Waals surface area contributed by atoms with Gasteiger partial charge in [-0.3, -0.25) is 0 Å². The lowest BCUT2D eigenvalue weighted by Crippen LogP contribution is -2.18. The molecule has 0 aliphatic heterocycles. The Labute approximate surface area is 132 Å². The van der Waals surface area contributed by atoms with Crippen molar-refractivity contribution in [1.29, 1.82) is 0 Å². The zero-order valence-corrected chi connectivity index (χ0v) is 14.2. The molecule has 0 amide bonds. The Kier molecular flexibility index (Phi) is 6.60. The van der Waals surface area contributed by atoms with Gasteiger partial charge in [-0.05, 0) is 36.0 Å². The largest absolute Gasteiger partial charge is 0.462 e. The third kappa shape index (κ3) is 4.86. The fourth-order valence-electron chi connectivity index (χ4n) is 1.90. The molecule has 122 valence electrons. The number of carbonyl (C=O) groups is 2. The maximum absolute atomic E-state index is 12.3. The smallest absolute Gasteiger partial charge is 0.339 e. The molecule has 0 bridgehead atoms. The number of carbonyl (C=O) groups excluding carboxylic acids is 2. The number of benzene rings is 1. The van der Waals surface area contributed by atoms with Gasteiger partial charge in [-0.25, -0.2) is 9.59 Å². The van der Waals surface area contributed by atoms with Crippen LogP contribution in [0.15, 0.2) is 18.2 Å². The van der Waals surface area contributed by atoms with Crippen molar-refractivity contribution in [2.75, 3.05) is 13.2 Å². The summed E-state index contributed by atoms with van der Waals surface area (Å²) in [7, 11) is 0. The molecular formula is C18H26O4. The van der Waals surface area contributed by atoms with E-state index >= 15 is 0 Å². The van der Waals surface area contributed by atoms with E-state index < -0.39 is 11.9 Å². The first-order chi connectivity index (χ1) is 10.3. The molecule has 0 saturated heterocycles. The molecule has 0 unspecified atom stereocenters. The summed E-state index contributed by atoms with van der Waals surface area (Å²) in [5, 5.41) is 0. The number of rotatable bonds is 6. The second-order valence-corrected chi connectivity index (χ2v) is 6.28. The van der Waals surface area contributed by atoms with Gasteiger partial charge >= 0.3 is 11.9 Å². The van der Waals surface area contributed by atoms with Crippen molar-refractivity contribution in [2.45, 2.75) is 52.9 Å². The molecule has 0 aromatic heterocycles. The van der Waals surface area contributed by atoms with Gasteiger partial charge in [0.25, 0.3) is 0 Å². The van der Waals surface area contributed by atoms with Crippen molar-refractivity contribution in [2.24, 2.45) is 0 Å². The molecule has 0 aliphatic rings. The van der Waals surface area contributed by atoms with Gasteiger partial charge in [0.05, 0.1) is 24.3 Å². The zero-order valence-electron chi connectivity index (χ0n) is 14.2. The van der Waals surface area contributed by atoms with Crippen LogP contribution in [0, 0.1) is 0 Å². The Morgan fingerprint density at radius 1 is 0.909 bits per heavy atom. The van der Waals surface area contributed by atoms with Crippen molar-refractivity contribution in [3.8, 4) is 0 Å². The van der Waals surface area contributed by atoms with Gasteiger partial charge in [0.15, 0.2) is 0 Å². The number of hydrogen-bond donors (Lipinski definition) is 0. The summed E-state index contributed by atoms with van der Waals surface area (Å²) >= 11 is 0. The van der Waals surface area contributed by atoms with Crippen molar-refractivity contribution < 1.29 is 19.1 Å². The highest BCUT2D eigenvalue weighted by atomic mass is 16.5. The molecule has 1 aromatic carbocycles. The lowest BCUT2D eigenvalue weighted by molar-refractivity contribution is 0.0457. The van der Waals surface area contributed by atoms with Crippen LogP contribution in [0.4, 0.5) is 0 Å². The summed E-state index contributed by atoms with van der Waals surface area (Å²) in [6.45, 7) is 10.7. The van der Waals surface area contributed by atoms with Crippen LogP contribution in [0.2, 0.25) is 0 Å². The van der Waals surface area contributed by atoms with Gasteiger partial charge in [0.2, 0.25) is 0 Å². The van der Waals surface area contributed by atoms with Crippen molar-refractivity contribution in [3.63, 3.8) is 0 Å². The highest BCUT2D eigenvalue weighted by Crippen LogP contribution is 2.25. The minimum Gasteiger partial charge on any atom is -0.462 e. The van der Waals surface area contributed by atoms with Crippen LogP contribution in [0.5, 0.6) is 0 Å². The lowest BCUT2D eigenvalue weighted by atomic mass is 9.85. The summed E-state index contributed by atoms with van der Waals surface area (Å²) in [5.41, 5.74) is 1.40. The number of hydrogen-bond acceptors (Lipinski definition) is 4. The van der Waals surface area contributed by atoms with E-state index in [0.29, 0.717) is 13.2 Å². The van der Waals surface area contributed by atoms with Gasteiger partial charge in [-0.15, -0.1) is 0 Å². The highest BCUT2D eigenvalue weighted by molar-refractivity contribution is 6.03. The molecule has 22 heavy (non-hydrogen) atoms. The molecule has 4 heteroatoms. The summed E-state index contributed by atoms with van der Waals surface area (Å²) in [5.74, 6) is -0.956. The minimum absolute atomic E-state index is 0.119. The summed E-state index contributed by atoms with van der Waals surface area (Å²) in [6, 6.07) is 5.25. The molecule has 1 rings (SSSR count). The van der Waals surface area contributed by atoms with Crippen molar-refractivity contribution in [3.05, 3.63) is 34.9 Å². The minimum atomic E-state index is -0.481. The average Bonchev–Trinajstić information content (AvgIpc) is 2.48. The Morgan fingerprint density at radius 2 is 1.41 bits per heavy atom. The van der Waals surface area contributed by atoms with Crippen LogP contribution in [-0.4, -0.2) is 25.2 Å². The van der Waals surface area contributed by atoms with E-state index in [4.69, 9.17) is 9.47 Å². The van der Waals surface area contributed by atoms with Gasteiger partial charge in [0.1, 0.15) is 0 Å². The predicted octanol–water partition coefficient (Wildman–Crippen LogP) is 4.12. The van der Waals surface area contributed by atoms with E-state index in [1.165, 1.54) is 0 Å². The molecule has 1 aromatic rings. The zero-order chi connectivity index (χ0) is 16.8. The summed E-state index contributed by atoms with van der Waals surface area (Å²) in [6.07, 6.45) is 1.47. The van der Waals surface area contributed by atoms with Crippen molar-refractivity contribution in [1.82, 2.24) is 0 Å². The first kappa shape index (κ1) is 18.2. The van der Waals surface area contributed by atoms with Gasteiger partial charge < -0.3 is 9.47 Å². The quantitative estimate of drug-likeness (QED) is 0.742.